The van der Waals surface area contributed by atoms with Gasteiger partial charge in [0, 0.05) is 17.2 Å². The minimum atomic E-state index is 0.267. The summed E-state index contributed by atoms with van der Waals surface area (Å²) in [5, 5.41) is 7.48. The number of nitrogens with one attached hydrogen (secondary N) is 1. The predicted molar refractivity (Wildman–Crippen MR) is 83.5 cm³/mol. The number of H-pyrrole nitrogens is 1. The van der Waals surface area contributed by atoms with Crippen LogP contribution in [-0.2, 0) is 0 Å². The van der Waals surface area contributed by atoms with Crippen LogP contribution in [0.4, 0.5) is 5.82 Å². The molecule has 0 amide bonds. The molecule has 1 fully saturated rings. The van der Waals surface area contributed by atoms with Crippen molar-refractivity contribution in [1.82, 2.24) is 10.2 Å². The lowest BCUT2D eigenvalue weighted by Crippen LogP contribution is -1.95. The fraction of sp³-hybridized carbons (Fsp3) is 0.471. The third kappa shape index (κ3) is 1.55. The van der Waals surface area contributed by atoms with Gasteiger partial charge in [-0.05, 0) is 28.9 Å². The van der Waals surface area contributed by atoms with Gasteiger partial charge in [0.2, 0.25) is 0 Å². The Morgan fingerprint density at radius 3 is 2.25 bits per heavy atom. The summed E-state index contributed by atoms with van der Waals surface area (Å²) in [4.78, 5) is 0. The molecule has 0 radical (unpaired) electrons. The summed E-state index contributed by atoms with van der Waals surface area (Å²) in [7, 11) is 0. The second-order valence-corrected chi connectivity index (χ2v) is 7.09. The van der Waals surface area contributed by atoms with Crippen molar-refractivity contribution in [2.75, 3.05) is 5.73 Å². The number of rotatable bonds is 2. The van der Waals surface area contributed by atoms with Crippen molar-refractivity contribution in [2.45, 2.75) is 40.5 Å². The van der Waals surface area contributed by atoms with Crippen LogP contribution in [0, 0.1) is 17.8 Å². The number of aromatic amines is 1. The van der Waals surface area contributed by atoms with Gasteiger partial charge in [0.05, 0.1) is 0 Å². The highest BCUT2D eigenvalue weighted by molar-refractivity contribution is 5.79. The predicted octanol–water partition coefficient (Wildman–Crippen LogP) is 4.12. The summed E-state index contributed by atoms with van der Waals surface area (Å²) < 4.78 is 0. The third-order valence-electron chi connectivity index (χ3n) is 5.55. The van der Waals surface area contributed by atoms with Gasteiger partial charge in [-0.2, -0.15) is 5.10 Å². The molecular formula is C17H23N3. The number of aryl methyl sites for hydroxylation is 1. The van der Waals surface area contributed by atoms with E-state index < -0.39 is 0 Å². The van der Waals surface area contributed by atoms with Crippen LogP contribution < -0.4 is 5.73 Å². The van der Waals surface area contributed by atoms with Gasteiger partial charge in [0.25, 0.3) is 0 Å². The van der Waals surface area contributed by atoms with Crippen molar-refractivity contribution in [3.8, 4) is 11.1 Å². The Morgan fingerprint density at radius 2 is 1.70 bits per heavy atom. The molecule has 1 saturated carbocycles. The topological polar surface area (TPSA) is 54.7 Å². The summed E-state index contributed by atoms with van der Waals surface area (Å²) in [6.07, 6.45) is 0. The number of nitrogen functional groups attached to an aromatic ring is 1. The number of anilines is 1. The maximum absolute atomic E-state index is 6.14. The van der Waals surface area contributed by atoms with Gasteiger partial charge < -0.3 is 5.73 Å². The second kappa shape index (κ2) is 3.87. The van der Waals surface area contributed by atoms with Crippen molar-refractivity contribution < 1.29 is 0 Å². The number of hydrogen-bond acceptors (Lipinski definition) is 2. The summed E-state index contributed by atoms with van der Waals surface area (Å²) in [5.41, 5.74) is 11.4. The monoisotopic (exact) mass is 269 g/mol. The average Bonchev–Trinajstić information content (AvgIpc) is 2.65. The van der Waals surface area contributed by atoms with E-state index in [0.29, 0.717) is 11.7 Å². The van der Waals surface area contributed by atoms with Crippen molar-refractivity contribution in [2.24, 2.45) is 10.8 Å². The van der Waals surface area contributed by atoms with E-state index in [1.54, 1.807) is 0 Å². The van der Waals surface area contributed by atoms with E-state index >= 15 is 0 Å². The number of aromatic nitrogens is 2. The lowest BCUT2D eigenvalue weighted by Gasteiger charge is -2.09. The summed E-state index contributed by atoms with van der Waals surface area (Å²) in [5.74, 6) is 1.07. The smallest absolute Gasteiger partial charge is 0.153 e. The van der Waals surface area contributed by atoms with Gasteiger partial charge in [0.1, 0.15) is 0 Å². The molecular weight excluding hydrogens is 246 g/mol. The highest BCUT2D eigenvalue weighted by Gasteiger charge is 2.66. The van der Waals surface area contributed by atoms with Crippen LogP contribution in [0.25, 0.3) is 11.1 Å². The lowest BCUT2D eigenvalue weighted by atomic mass is 9.96. The van der Waals surface area contributed by atoms with Crippen LogP contribution in [0.15, 0.2) is 24.3 Å². The molecule has 0 bridgehead atoms. The first-order valence-corrected chi connectivity index (χ1v) is 7.18. The molecule has 3 nitrogen and oxygen atoms in total. The third-order valence-corrected chi connectivity index (χ3v) is 5.55. The maximum Gasteiger partial charge on any atom is 0.153 e. The van der Waals surface area contributed by atoms with Crippen molar-refractivity contribution in [3.63, 3.8) is 0 Å². The molecule has 0 spiro atoms. The first-order valence-electron chi connectivity index (χ1n) is 7.18. The first kappa shape index (κ1) is 13.2. The number of nitrogens with zero attached hydrogens (tertiary/aromatic N) is 1. The molecule has 3 rings (SSSR count). The molecule has 3 N–H and O–H groups in total. The van der Waals surface area contributed by atoms with E-state index in [4.69, 9.17) is 5.73 Å². The van der Waals surface area contributed by atoms with Crippen molar-refractivity contribution in [3.05, 3.63) is 35.5 Å². The van der Waals surface area contributed by atoms with E-state index in [-0.39, 0.29) is 10.8 Å². The van der Waals surface area contributed by atoms with E-state index in [2.05, 4.69) is 69.1 Å². The Balaban J connectivity index is 2.16. The second-order valence-electron chi connectivity index (χ2n) is 7.09. The van der Waals surface area contributed by atoms with Crippen LogP contribution in [0.5, 0.6) is 0 Å². The molecule has 0 aliphatic heterocycles. The normalized spacial score (nSPS) is 20.1. The molecule has 0 unspecified atom stereocenters. The zero-order valence-electron chi connectivity index (χ0n) is 12.9. The van der Waals surface area contributed by atoms with Crippen molar-refractivity contribution >= 4 is 5.82 Å². The van der Waals surface area contributed by atoms with Crippen LogP contribution in [-0.4, -0.2) is 10.2 Å². The van der Waals surface area contributed by atoms with Gasteiger partial charge in [-0.25, -0.2) is 0 Å². The zero-order chi connectivity index (χ0) is 14.7. The van der Waals surface area contributed by atoms with E-state index in [9.17, 15) is 0 Å². The highest BCUT2D eigenvalue weighted by atomic mass is 15.2. The molecule has 1 aliphatic rings. The average molecular weight is 269 g/mol. The minimum Gasteiger partial charge on any atom is -0.382 e. The Bertz CT molecular complexity index is 651. The van der Waals surface area contributed by atoms with Gasteiger partial charge in [-0.15, -0.1) is 0 Å². The van der Waals surface area contributed by atoms with Crippen LogP contribution in [0.2, 0.25) is 0 Å². The molecule has 0 atom stereocenters. The van der Waals surface area contributed by atoms with E-state index in [1.807, 2.05) is 0 Å². The molecule has 1 aromatic heterocycles. The maximum atomic E-state index is 6.14. The SMILES string of the molecule is Cc1ccccc1-c1c(N)n[nH]c1C1C(C)(C)C1(C)C. The first-order chi connectivity index (χ1) is 9.28. The van der Waals surface area contributed by atoms with Gasteiger partial charge in [-0.1, -0.05) is 52.0 Å². The molecule has 1 heterocycles. The van der Waals surface area contributed by atoms with Crippen LogP contribution in [0.3, 0.4) is 0 Å². The molecule has 0 saturated heterocycles. The highest BCUT2D eigenvalue weighted by Crippen LogP contribution is 2.74. The Labute approximate surface area is 120 Å². The molecule has 3 heteroatoms. The van der Waals surface area contributed by atoms with Gasteiger partial charge >= 0.3 is 0 Å². The molecule has 1 aliphatic carbocycles. The fourth-order valence-corrected chi connectivity index (χ4v) is 3.63. The van der Waals surface area contributed by atoms with Crippen molar-refractivity contribution in [1.29, 1.82) is 0 Å². The quantitative estimate of drug-likeness (QED) is 0.861. The molecule has 2 aromatic rings. The van der Waals surface area contributed by atoms with Gasteiger partial charge in [-0.3, -0.25) is 5.10 Å². The fourth-order valence-electron chi connectivity index (χ4n) is 3.63. The molecule has 106 valence electrons. The number of nitrogens with two attached hydrogens (primary N) is 1. The lowest BCUT2D eigenvalue weighted by molar-refractivity contribution is 0.457. The number of benzene rings is 1. The molecule has 1 aromatic carbocycles. The zero-order valence-corrected chi connectivity index (χ0v) is 12.9. The standard InChI is InChI=1S/C17H23N3/c1-10-8-6-7-9-11(10)12-13(19-20-15(12)18)14-16(2,3)17(14,4)5/h6-9,14H,1-5H3,(H3,18,19,20). The van der Waals surface area contributed by atoms with Crippen LogP contribution in [0.1, 0.15) is 44.9 Å². The number of hydrogen-bond donors (Lipinski definition) is 2. The Hall–Kier alpha value is -1.77. The van der Waals surface area contributed by atoms with Gasteiger partial charge in [0.15, 0.2) is 5.82 Å². The summed E-state index contributed by atoms with van der Waals surface area (Å²) >= 11 is 0. The molecule has 20 heavy (non-hydrogen) atoms. The van der Waals surface area contributed by atoms with E-state index in [1.165, 1.54) is 16.8 Å². The Kier molecular flexibility index (Phi) is 2.56. The van der Waals surface area contributed by atoms with Crippen LogP contribution >= 0.6 is 0 Å². The summed E-state index contributed by atoms with van der Waals surface area (Å²) in [6.45, 7) is 11.4. The minimum absolute atomic E-state index is 0.267. The largest absolute Gasteiger partial charge is 0.382 e. The van der Waals surface area contributed by atoms with E-state index in [0.717, 1.165) is 5.56 Å². The Morgan fingerprint density at radius 1 is 1.10 bits per heavy atom. The summed E-state index contributed by atoms with van der Waals surface area (Å²) in [6, 6.07) is 8.36.